The summed E-state index contributed by atoms with van der Waals surface area (Å²) < 4.78 is 20.4. The summed E-state index contributed by atoms with van der Waals surface area (Å²) in [6, 6.07) is 15.6. The molecule has 0 aromatic heterocycles. The second-order valence-corrected chi connectivity index (χ2v) is 9.10. The fraction of sp³-hybridized carbons (Fsp3) is 0.200. The highest BCUT2D eigenvalue weighted by Crippen LogP contribution is 2.27. The lowest BCUT2D eigenvalue weighted by Crippen LogP contribution is -2.44. The van der Waals surface area contributed by atoms with Crippen molar-refractivity contribution in [1.82, 2.24) is 4.90 Å². The number of esters is 2. The third-order valence-electron chi connectivity index (χ3n) is 6.32. The van der Waals surface area contributed by atoms with E-state index in [4.69, 9.17) is 18.9 Å². The maximum atomic E-state index is 13.1. The first-order chi connectivity index (χ1) is 20.6. The van der Waals surface area contributed by atoms with E-state index in [-0.39, 0.29) is 16.7 Å². The summed E-state index contributed by atoms with van der Waals surface area (Å²) in [5, 5.41) is 5.11. The Labute approximate surface area is 245 Å². The van der Waals surface area contributed by atoms with Gasteiger partial charge in [0.1, 0.15) is 17.5 Å². The number of nitrogens with one attached hydrogen (secondary N) is 2. The van der Waals surface area contributed by atoms with Crippen molar-refractivity contribution in [1.29, 1.82) is 0 Å². The van der Waals surface area contributed by atoms with Crippen LogP contribution in [-0.2, 0) is 23.9 Å². The molecule has 13 nitrogen and oxygen atoms in total. The van der Waals surface area contributed by atoms with E-state index in [1.165, 1.54) is 33.3 Å². The van der Waals surface area contributed by atoms with Crippen LogP contribution in [0.25, 0.3) is 0 Å². The third-order valence-corrected chi connectivity index (χ3v) is 6.32. The minimum absolute atomic E-state index is 0.0379. The average molecular weight is 590 g/mol. The summed E-state index contributed by atoms with van der Waals surface area (Å²) in [4.78, 5) is 76.5. The lowest BCUT2D eigenvalue weighted by molar-refractivity contribution is -0.150. The lowest BCUT2D eigenvalue weighted by atomic mass is 10.1. The van der Waals surface area contributed by atoms with Gasteiger partial charge in [-0.05, 0) is 49.4 Å². The van der Waals surface area contributed by atoms with Crippen molar-refractivity contribution in [2.45, 2.75) is 13.0 Å². The van der Waals surface area contributed by atoms with Crippen LogP contribution < -0.4 is 20.1 Å². The highest BCUT2D eigenvalue weighted by Gasteiger charge is 2.42. The third kappa shape index (κ3) is 6.78. The molecular formula is C30H27N3O10. The van der Waals surface area contributed by atoms with Crippen molar-refractivity contribution in [2.75, 3.05) is 38.1 Å². The summed E-state index contributed by atoms with van der Waals surface area (Å²) in [7, 11) is 2.88. The van der Waals surface area contributed by atoms with Gasteiger partial charge in [0.2, 0.25) is 0 Å². The van der Waals surface area contributed by atoms with Gasteiger partial charge in [-0.3, -0.25) is 24.1 Å². The number of benzene rings is 3. The largest absolute Gasteiger partial charge is 0.495 e. The number of carbonyl (C=O) groups is 6. The predicted molar refractivity (Wildman–Crippen MR) is 151 cm³/mol. The van der Waals surface area contributed by atoms with E-state index in [2.05, 4.69) is 10.6 Å². The molecule has 0 bridgehead atoms. The lowest BCUT2D eigenvalue weighted by Gasteiger charge is -2.20. The fourth-order valence-corrected chi connectivity index (χ4v) is 4.18. The van der Waals surface area contributed by atoms with Crippen molar-refractivity contribution < 1.29 is 47.7 Å². The van der Waals surface area contributed by atoms with E-state index in [9.17, 15) is 28.8 Å². The van der Waals surface area contributed by atoms with E-state index in [1.807, 2.05) is 0 Å². The van der Waals surface area contributed by atoms with Gasteiger partial charge in [0.25, 0.3) is 23.6 Å². The zero-order valence-corrected chi connectivity index (χ0v) is 23.4. The molecule has 1 aliphatic rings. The molecule has 0 unspecified atom stereocenters. The quantitative estimate of drug-likeness (QED) is 0.251. The van der Waals surface area contributed by atoms with Gasteiger partial charge in [-0.1, -0.05) is 24.3 Å². The molecule has 43 heavy (non-hydrogen) atoms. The number of imide groups is 1. The molecule has 4 rings (SSSR count). The number of ether oxygens (including phenoxy) is 4. The number of para-hydroxylation sites is 4. The van der Waals surface area contributed by atoms with Crippen LogP contribution in [0.1, 0.15) is 38.0 Å². The summed E-state index contributed by atoms with van der Waals surface area (Å²) >= 11 is 0. The van der Waals surface area contributed by atoms with Crippen LogP contribution >= 0.6 is 0 Å². The van der Waals surface area contributed by atoms with Gasteiger partial charge in [-0.2, -0.15) is 0 Å². The smallest absolute Gasteiger partial charge is 0.338 e. The molecule has 222 valence electrons. The predicted octanol–water partition coefficient (Wildman–Crippen LogP) is 2.67. The first-order valence-corrected chi connectivity index (χ1v) is 12.9. The zero-order valence-electron chi connectivity index (χ0n) is 23.4. The van der Waals surface area contributed by atoms with Crippen molar-refractivity contribution in [3.8, 4) is 11.5 Å². The Morgan fingerprint density at radius 3 is 1.79 bits per heavy atom. The Morgan fingerprint density at radius 1 is 0.721 bits per heavy atom. The van der Waals surface area contributed by atoms with E-state index in [0.29, 0.717) is 27.8 Å². The molecule has 3 aromatic rings. The number of amides is 4. The Morgan fingerprint density at radius 2 is 1.23 bits per heavy atom. The van der Waals surface area contributed by atoms with Gasteiger partial charge in [-0.15, -0.1) is 0 Å². The molecule has 3 aromatic carbocycles. The number of carbonyl (C=O) groups excluding carboxylic acids is 6. The summed E-state index contributed by atoms with van der Waals surface area (Å²) in [6.07, 6.45) is 0. The molecule has 0 fully saturated rings. The van der Waals surface area contributed by atoms with Crippen molar-refractivity contribution in [3.05, 3.63) is 83.4 Å². The number of methoxy groups -OCH3 is 2. The van der Waals surface area contributed by atoms with Crippen molar-refractivity contribution >= 4 is 46.9 Å². The van der Waals surface area contributed by atoms with Gasteiger partial charge >= 0.3 is 11.9 Å². The molecule has 0 saturated carbocycles. The maximum Gasteiger partial charge on any atom is 0.338 e. The second kappa shape index (κ2) is 13.3. The molecule has 1 atom stereocenters. The summed E-state index contributed by atoms with van der Waals surface area (Å²) in [5.41, 5.74) is 0.494. The highest BCUT2D eigenvalue weighted by atomic mass is 16.5. The number of fused-ring (bicyclic) bond motifs is 1. The summed E-state index contributed by atoms with van der Waals surface area (Å²) in [5.74, 6) is -3.99. The van der Waals surface area contributed by atoms with Gasteiger partial charge in [0, 0.05) is 0 Å². The molecule has 0 aliphatic carbocycles. The van der Waals surface area contributed by atoms with Crippen LogP contribution in [0, 0.1) is 0 Å². The van der Waals surface area contributed by atoms with Gasteiger partial charge in [-0.25, -0.2) is 9.59 Å². The molecule has 1 heterocycles. The number of hydrogen-bond acceptors (Lipinski definition) is 10. The normalized spacial score (nSPS) is 12.6. The standard InChI is InChI=1S/C30H27N3O10/c1-17(29(38)42-15-25(34)31-21-8-4-6-10-23(21)40-2)33-27(36)19-13-12-18(14-20(19)28(33)37)30(39)43-16-26(35)32-22-9-5-7-11-24(22)41-3/h4-14,17H,15-16H2,1-3H3,(H,31,34)(H,32,35)/t17-/m1/s1. The summed E-state index contributed by atoms with van der Waals surface area (Å²) in [6.45, 7) is -0.0247. The van der Waals surface area contributed by atoms with Crippen molar-refractivity contribution in [3.63, 3.8) is 0 Å². The number of rotatable bonds is 11. The topological polar surface area (TPSA) is 167 Å². The van der Waals surface area contributed by atoms with Gasteiger partial charge in [0.05, 0.1) is 42.3 Å². The van der Waals surface area contributed by atoms with E-state index < -0.39 is 54.8 Å². The van der Waals surface area contributed by atoms with Crippen LogP contribution in [-0.4, -0.2) is 73.9 Å². The van der Waals surface area contributed by atoms with Crippen LogP contribution in [0.15, 0.2) is 66.7 Å². The maximum absolute atomic E-state index is 13.1. The molecule has 4 amide bonds. The van der Waals surface area contributed by atoms with Crippen LogP contribution in [0.5, 0.6) is 11.5 Å². The van der Waals surface area contributed by atoms with Crippen LogP contribution in [0.3, 0.4) is 0 Å². The minimum Gasteiger partial charge on any atom is -0.495 e. The zero-order chi connectivity index (χ0) is 31.1. The van der Waals surface area contributed by atoms with Crippen LogP contribution in [0.2, 0.25) is 0 Å². The van der Waals surface area contributed by atoms with E-state index >= 15 is 0 Å². The highest BCUT2D eigenvalue weighted by molar-refractivity contribution is 6.23. The molecule has 1 aliphatic heterocycles. The number of hydrogen-bond donors (Lipinski definition) is 2. The van der Waals surface area contributed by atoms with Crippen molar-refractivity contribution in [2.24, 2.45) is 0 Å². The first-order valence-electron chi connectivity index (χ1n) is 12.9. The Bertz CT molecular complexity index is 1600. The number of anilines is 2. The van der Waals surface area contributed by atoms with E-state index in [0.717, 1.165) is 6.07 Å². The van der Waals surface area contributed by atoms with Crippen LogP contribution in [0.4, 0.5) is 11.4 Å². The minimum atomic E-state index is -1.37. The molecular weight excluding hydrogens is 562 g/mol. The van der Waals surface area contributed by atoms with Gasteiger partial charge in [0.15, 0.2) is 13.2 Å². The van der Waals surface area contributed by atoms with Gasteiger partial charge < -0.3 is 29.6 Å². The molecule has 0 spiro atoms. The molecule has 0 radical (unpaired) electrons. The fourth-order valence-electron chi connectivity index (χ4n) is 4.18. The Hall–Kier alpha value is -5.72. The SMILES string of the molecule is COc1ccccc1NC(=O)COC(=O)c1ccc2c(c1)C(=O)N([C@H](C)C(=O)OCC(=O)Nc1ccccc1OC)C2=O. The molecule has 2 N–H and O–H groups in total. The number of nitrogens with zero attached hydrogens (tertiary/aromatic N) is 1. The monoisotopic (exact) mass is 589 g/mol. The van der Waals surface area contributed by atoms with E-state index in [1.54, 1.807) is 48.5 Å². The Balaban J connectivity index is 1.34. The average Bonchev–Trinajstić information content (AvgIpc) is 3.27. The first kappa shape index (κ1) is 30.2. The molecule has 13 heteroatoms. The Kier molecular flexibility index (Phi) is 9.35. The second-order valence-electron chi connectivity index (χ2n) is 9.10. The molecule has 0 saturated heterocycles.